The zero-order valence-electron chi connectivity index (χ0n) is 15.2. The molecule has 0 heterocycles. The predicted octanol–water partition coefficient (Wildman–Crippen LogP) is 3.86. The number of hydrogen-bond donors (Lipinski definition) is 1. The molecule has 2 aromatic carbocycles. The van der Waals surface area contributed by atoms with E-state index in [1.807, 2.05) is 0 Å². The van der Waals surface area contributed by atoms with Crippen LogP contribution in [0.1, 0.15) is 11.1 Å². The molecule has 0 radical (unpaired) electrons. The normalized spacial score (nSPS) is 10.5. The highest BCUT2D eigenvalue weighted by molar-refractivity contribution is 6.31. The summed E-state index contributed by atoms with van der Waals surface area (Å²) in [7, 11) is 3.07. The summed E-state index contributed by atoms with van der Waals surface area (Å²) in [5.74, 6) is 0.0853. The first kappa shape index (κ1) is 20.3. The van der Waals surface area contributed by atoms with E-state index in [0.717, 1.165) is 5.56 Å². The molecule has 7 heteroatoms. The lowest BCUT2D eigenvalue weighted by Gasteiger charge is -2.09. The van der Waals surface area contributed by atoms with E-state index in [9.17, 15) is 9.59 Å². The number of esters is 1. The van der Waals surface area contributed by atoms with Gasteiger partial charge in [-0.1, -0.05) is 17.7 Å². The minimum absolute atomic E-state index is 0.408. The Bertz CT molecular complexity index is 863. The Balaban J connectivity index is 1.91. The van der Waals surface area contributed by atoms with Crippen molar-refractivity contribution in [2.75, 3.05) is 26.1 Å². The zero-order chi connectivity index (χ0) is 19.8. The topological polar surface area (TPSA) is 73.9 Å². The Kier molecular flexibility index (Phi) is 7.25. The molecule has 0 fully saturated rings. The standard InChI is InChI=1S/C20H20ClNO5/c1-13-16(21)5-4-6-17(13)22-19(23)12-27-20(24)10-8-14-7-9-15(25-2)11-18(14)26-3/h4-11H,12H2,1-3H3,(H,22,23). The van der Waals surface area contributed by atoms with Gasteiger partial charge < -0.3 is 19.5 Å². The van der Waals surface area contributed by atoms with Gasteiger partial charge in [0.15, 0.2) is 6.61 Å². The molecule has 0 spiro atoms. The molecule has 0 aliphatic rings. The third-order valence-corrected chi connectivity index (χ3v) is 4.14. The molecule has 0 aliphatic heterocycles. The van der Waals surface area contributed by atoms with E-state index in [1.54, 1.807) is 56.5 Å². The van der Waals surface area contributed by atoms with Crippen LogP contribution in [0.15, 0.2) is 42.5 Å². The Morgan fingerprint density at radius 3 is 2.63 bits per heavy atom. The van der Waals surface area contributed by atoms with E-state index in [0.29, 0.717) is 27.8 Å². The van der Waals surface area contributed by atoms with E-state index in [-0.39, 0.29) is 0 Å². The summed E-state index contributed by atoms with van der Waals surface area (Å²) in [6, 6.07) is 10.4. The van der Waals surface area contributed by atoms with Gasteiger partial charge in [0.25, 0.3) is 5.91 Å². The molecule has 0 atom stereocenters. The average Bonchev–Trinajstić information content (AvgIpc) is 2.68. The van der Waals surface area contributed by atoms with E-state index in [4.69, 9.17) is 25.8 Å². The molecule has 2 aromatic rings. The van der Waals surface area contributed by atoms with Crippen molar-refractivity contribution >= 4 is 35.2 Å². The van der Waals surface area contributed by atoms with Gasteiger partial charge in [0.05, 0.1) is 14.2 Å². The molecular weight excluding hydrogens is 370 g/mol. The smallest absolute Gasteiger partial charge is 0.331 e. The fourth-order valence-corrected chi connectivity index (χ4v) is 2.40. The summed E-state index contributed by atoms with van der Waals surface area (Å²) in [6.07, 6.45) is 2.77. The number of methoxy groups -OCH3 is 2. The zero-order valence-corrected chi connectivity index (χ0v) is 16.0. The van der Waals surface area contributed by atoms with Crippen LogP contribution in [0, 0.1) is 6.92 Å². The molecule has 6 nitrogen and oxygen atoms in total. The number of carbonyl (C=O) groups excluding carboxylic acids is 2. The highest BCUT2D eigenvalue weighted by Gasteiger charge is 2.09. The molecule has 27 heavy (non-hydrogen) atoms. The largest absolute Gasteiger partial charge is 0.497 e. The number of nitrogens with one attached hydrogen (secondary N) is 1. The molecule has 0 saturated heterocycles. The van der Waals surface area contributed by atoms with Gasteiger partial charge in [0, 0.05) is 28.4 Å². The van der Waals surface area contributed by atoms with Crippen LogP contribution in [0.3, 0.4) is 0 Å². The lowest BCUT2D eigenvalue weighted by Crippen LogP contribution is -2.20. The first-order valence-electron chi connectivity index (χ1n) is 8.06. The van der Waals surface area contributed by atoms with Crippen LogP contribution < -0.4 is 14.8 Å². The van der Waals surface area contributed by atoms with Gasteiger partial charge >= 0.3 is 5.97 Å². The predicted molar refractivity (Wildman–Crippen MR) is 104 cm³/mol. The fraction of sp³-hybridized carbons (Fsp3) is 0.200. The van der Waals surface area contributed by atoms with E-state index in [1.165, 1.54) is 13.2 Å². The highest BCUT2D eigenvalue weighted by atomic mass is 35.5. The minimum atomic E-state index is -0.647. The number of amides is 1. The summed E-state index contributed by atoms with van der Waals surface area (Å²) < 4.78 is 15.3. The summed E-state index contributed by atoms with van der Waals surface area (Å²) in [6.45, 7) is 1.38. The van der Waals surface area contributed by atoms with Crippen molar-refractivity contribution in [3.05, 3.63) is 58.6 Å². The SMILES string of the molecule is COc1ccc(C=CC(=O)OCC(=O)Nc2cccc(Cl)c2C)c(OC)c1. The number of hydrogen-bond acceptors (Lipinski definition) is 5. The molecule has 0 bridgehead atoms. The van der Waals surface area contributed by atoms with Crippen molar-refractivity contribution in [3.8, 4) is 11.5 Å². The third kappa shape index (κ3) is 5.76. The van der Waals surface area contributed by atoms with Gasteiger partial charge in [0.2, 0.25) is 0 Å². The van der Waals surface area contributed by atoms with Crippen LogP contribution in [-0.2, 0) is 14.3 Å². The molecule has 2 rings (SSSR count). The van der Waals surface area contributed by atoms with Crippen molar-refractivity contribution in [3.63, 3.8) is 0 Å². The second-order valence-corrected chi connectivity index (χ2v) is 5.92. The number of anilines is 1. The monoisotopic (exact) mass is 389 g/mol. The van der Waals surface area contributed by atoms with Gasteiger partial charge in [-0.15, -0.1) is 0 Å². The maximum atomic E-state index is 11.9. The first-order chi connectivity index (χ1) is 12.9. The van der Waals surface area contributed by atoms with Crippen LogP contribution in [0.4, 0.5) is 5.69 Å². The molecule has 0 saturated carbocycles. The van der Waals surface area contributed by atoms with E-state index < -0.39 is 18.5 Å². The molecule has 0 aliphatic carbocycles. The van der Waals surface area contributed by atoms with Gasteiger partial charge in [-0.2, -0.15) is 0 Å². The van der Waals surface area contributed by atoms with Crippen LogP contribution in [0.5, 0.6) is 11.5 Å². The van der Waals surface area contributed by atoms with Crippen LogP contribution >= 0.6 is 11.6 Å². The van der Waals surface area contributed by atoms with Crippen molar-refractivity contribution in [2.45, 2.75) is 6.92 Å². The summed E-state index contributed by atoms with van der Waals surface area (Å²) in [5.41, 5.74) is 1.99. The van der Waals surface area contributed by atoms with Crippen LogP contribution in [0.2, 0.25) is 5.02 Å². The first-order valence-corrected chi connectivity index (χ1v) is 8.44. The quantitative estimate of drug-likeness (QED) is 0.575. The second-order valence-electron chi connectivity index (χ2n) is 5.51. The van der Waals surface area contributed by atoms with Gasteiger partial charge in [0.1, 0.15) is 11.5 Å². The van der Waals surface area contributed by atoms with Crippen molar-refractivity contribution in [2.24, 2.45) is 0 Å². The maximum absolute atomic E-state index is 11.9. The van der Waals surface area contributed by atoms with Gasteiger partial charge in [-0.25, -0.2) is 4.79 Å². The van der Waals surface area contributed by atoms with Gasteiger partial charge in [-0.05, 0) is 42.8 Å². The van der Waals surface area contributed by atoms with Crippen LogP contribution in [0.25, 0.3) is 6.08 Å². The average molecular weight is 390 g/mol. The molecule has 1 N–H and O–H groups in total. The lowest BCUT2D eigenvalue weighted by molar-refractivity contribution is -0.142. The summed E-state index contributed by atoms with van der Waals surface area (Å²) in [5, 5.41) is 3.20. The minimum Gasteiger partial charge on any atom is -0.497 e. The van der Waals surface area contributed by atoms with E-state index >= 15 is 0 Å². The lowest BCUT2D eigenvalue weighted by atomic mass is 10.2. The maximum Gasteiger partial charge on any atom is 0.331 e. The summed E-state index contributed by atoms with van der Waals surface area (Å²) >= 11 is 6.00. The number of halogens is 1. The molecule has 0 unspecified atom stereocenters. The van der Waals surface area contributed by atoms with E-state index in [2.05, 4.69) is 5.32 Å². The fourth-order valence-electron chi connectivity index (χ4n) is 2.23. The Morgan fingerprint density at radius 2 is 1.93 bits per heavy atom. The third-order valence-electron chi connectivity index (χ3n) is 3.73. The number of ether oxygens (including phenoxy) is 3. The molecular formula is C20H20ClNO5. The van der Waals surface area contributed by atoms with Crippen molar-refractivity contribution < 1.29 is 23.8 Å². The van der Waals surface area contributed by atoms with Crippen molar-refractivity contribution in [1.82, 2.24) is 0 Å². The molecule has 0 aromatic heterocycles. The number of carbonyl (C=O) groups is 2. The molecule has 142 valence electrons. The number of benzene rings is 2. The van der Waals surface area contributed by atoms with Gasteiger partial charge in [-0.3, -0.25) is 4.79 Å². The number of rotatable bonds is 7. The highest BCUT2D eigenvalue weighted by Crippen LogP contribution is 2.25. The Labute approximate surface area is 162 Å². The summed E-state index contributed by atoms with van der Waals surface area (Å²) in [4.78, 5) is 23.8. The van der Waals surface area contributed by atoms with Crippen LogP contribution in [-0.4, -0.2) is 32.7 Å². The molecule has 1 amide bonds. The second kappa shape index (κ2) is 9.64. The Morgan fingerprint density at radius 1 is 1.15 bits per heavy atom. The Hall–Kier alpha value is -2.99. The van der Waals surface area contributed by atoms with Crippen molar-refractivity contribution in [1.29, 1.82) is 0 Å².